The maximum atomic E-state index is 6.11. The minimum absolute atomic E-state index is 0.0175. The number of thiophene rings is 1. The van der Waals surface area contributed by atoms with Gasteiger partial charge in [-0.3, -0.25) is 0 Å². The van der Waals surface area contributed by atoms with Gasteiger partial charge in [0, 0.05) is 17.0 Å². The van der Waals surface area contributed by atoms with E-state index in [1.807, 2.05) is 11.3 Å². The summed E-state index contributed by atoms with van der Waals surface area (Å²) in [6.45, 7) is 10.9. The largest absolute Gasteiger partial charge is 0.368 e. The summed E-state index contributed by atoms with van der Waals surface area (Å²) in [7, 11) is 0. The van der Waals surface area contributed by atoms with Gasteiger partial charge in [-0.25, -0.2) is 0 Å². The molecule has 2 heterocycles. The van der Waals surface area contributed by atoms with Crippen molar-refractivity contribution in [1.29, 1.82) is 0 Å². The first-order valence-electron chi connectivity index (χ1n) is 6.30. The zero-order valence-corrected chi connectivity index (χ0v) is 12.2. The zero-order chi connectivity index (χ0) is 12.7. The minimum atomic E-state index is -0.0883. The molecule has 0 amide bonds. The third-order valence-corrected chi connectivity index (χ3v) is 4.55. The highest BCUT2D eigenvalue weighted by Crippen LogP contribution is 2.38. The Kier molecular flexibility index (Phi) is 3.36. The van der Waals surface area contributed by atoms with Gasteiger partial charge in [-0.2, -0.15) is 0 Å². The first-order chi connectivity index (χ1) is 7.80. The van der Waals surface area contributed by atoms with E-state index < -0.39 is 0 Å². The van der Waals surface area contributed by atoms with Crippen LogP contribution < -0.4 is 5.32 Å². The second-order valence-electron chi connectivity index (χ2n) is 6.13. The van der Waals surface area contributed by atoms with Crippen LogP contribution in [0.5, 0.6) is 0 Å². The molecule has 2 nitrogen and oxygen atoms in total. The van der Waals surface area contributed by atoms with Gasteiger partial charge in [-0.05, 0) is 52.5 Å². The summed E-state index contributed by atoms with van der Waals surface area (Å²) in [6.07, 6.45) is 1.07. The Labute approximate surface area is 108 Å². The molecule has 96 valence electrons. The summed E-state index contributed by atoms with van der Waals surface area (Å²) in [5, 5.41) is 5.85. The van der Waals surface area contributed by atoms with Gasteiger partial charge in [0.2, 0.25) is 0 Å². The molecule has 0 aliphatic carbocycles. The number of hydrogen-bond acceptors (Lipinski definition) is 3. The summed E-state index contributed by atoms with van der Waals surface area (Å²) < 4.78 is 6.11. The van der Waals surface area contributed by atoms with E-state index in [0.29, 0.717) is 12.1 Å². The van der Waals surface area contributed by atoms with Crippen molar-refractivity contribution in [1.82, 2.24) is 5.32 Å². The second kappa shape index (κ2) is 4.38. The van der Waals surface area contributed by atoms with Gasteiger partial charge in [-0.15, -0.1) is 11.3 Å². The predicted molar refractivity (Wildman–Crippen MR) is 73.5 cm³/mol. The molecular formula is C14H23NOS. The van der Waals surface area contributed by atoms with E-state index in [2.05, 4.69) is 57.4 Å². The maximum Gasteiger partial charge on any atom is 0.0787 e. The topological polar surface area (TPSA) is 21.3 Å². The van der Waals surface area contributed by atoms with E-state index in [9.17, 15) is 0 Å². The van der Waals surface area contributed by atoms with Crippen molar-refractivity contribution in [2.45, 2.75) is 64.3 Å². The van der Waals surface area contributed by atoms with Gasteiger partial charge in [0.25, 0.3) is 0 Å². The highest BCUT2D eigenvalue weighted by atomic mass is 32.1. The summed E-state index contributed by atoms with van der Waals surface area (Å²) in [4.78, 5) is 1.39. The molecule has 17 heavy (non-hydrogen) atoms. The Bertz CT molecular complexity index is 370. The Morgan fingerprint density at radius 2 is 2.12 bits per heavy atom. The van der Waals surface area contributed by atoms with Crippen molar-refractivity contribution in [3.63, 3.8) is 0 Å². The fraction of sp³-hybridized carbons (Fsp3) is 0.714. The van der Waals surface area contributed by atoms with Crippen LogP contribution in [-0.4, -0.2) is 17.2 Å². The minimum Gasteiger partial charge on any atom is -0.368 e. The molecule has 0 spiro atoms. The number of nitrogens with one attached hydrogen (secondary N) is 1. The molecule has 0 bridgehead atoms. The predicted octanol–water partition coefficient (Wildman–Crippen LogP) is 3.74. The van der Waals surface area contributed by atoms with Crippen LogP contribution in [0.1, 0.15) is 52.0 Å². The molecule has 2 unspecified atom stereocenters. The average molecular weight is 253 g/mol. The third kappa shape index (κ3) is 2.90. The molecule has 1 aromatic heterocycles. The molecule has 1 fully saturated rings. The van der Waals surface area contributed by atoms with E-state index in [1.54, 1.807) is 0 Å². The maximum absolute atomic E-state index is 6.11. The van der Waals surface area contributed by atoms with Crippen molar-refractivity contribution < 1.29 is 4.74 Å². The first-order valence-corrected chi connectivity index (χ1v) is 7.18. The molecule has 0 saturated carbocycles. The molecule has 1 aliphatic heterocycles. The van der Waals surface area contributed by atoms with Crippen LogP contribution in [-0.2, 0) is 4.74 Å². The monoisotopic (exact) mass is 253 g/mol. The number of rotatable bonds is 3. The SMILES string of the molecule is CC(NC1CC(C)(C)OC1(C)C)c1cccs1. The van der Waals surface area contributed by atoms with Crippen LogP contribution in [0.4, 0.5) is 0 Å². The molecule has 0 radical (unpaired) electrons. The number of ether oxygens (including phenoxy) is 1. The highest BCUT2D eigenvalue weighted by Gasteiger charge is 2.46. The van der Waals surface area contributed by atoms with Crippen molar-refractivity contribution >= 4 is 11.3 Å². The smallest absolute Gasteiger partial charge is 0.0787 e. The normalized spacial score (nSPS) is 28.2. The third-order valence-electron chi connectivity index (χ3n) is 3.50. The van der Waals surface area contributed by atoms with Crippen molar-refractivity contribution in [2.24, 2.45) is 0 Å². The van der Waals surface area contributed by atoms with Crippen LogP contribution in [0, 0.1) is 0 Å². The summed E-state index contributed by atoms with van der Waals surface area (Å²) in [5.41, 5.74) is -0.106. The molecule has 1 N–H and O–H groups in total. The average Bonchev–Trinajstić information content (AvgIpc) is 2.72. The molecule has 1 saturated heterocycles. The lowest BCUT2D eigenvalue weighted by molar-refractivity contribution is -0.0703. The second-order valence-corrected chi connectivity index (χ2v) is 7.10. The lowest BCUT2D eigenvalue weighted by Crippen LogP contribution is -2.44. The van der Waals surface area contributed by atoms with Crippen LogP contribution in [0.25, 0.3) is 0 Å². The fourth-order valence-electron chi connectivity index (χ4n) is 2.74. The summed E-state index contributed by atoms with van der Waals surface area (Å²) in [6, 6.07) is 5.11. The van der Waals surface area contributed by atoms with Crippen molar-refractivity contribution in [3.8, 4) is 0 Å². The van der Waals surface area contributed by atoms with Gasteiger partial charge < -0.3 is 10.1 Å². The van der Waals surface area contributed by atoms with Gasteiger partial charge in [0.1, 0.15) is 0 Å². The lowest BCUT2D eigenvalue weighted by Gasteiger charge is -2.29. The van der Waals surface area contributed by atoms with Crippen LogP contribution >= 0.6 is 11.3 Å². The molecule has 3 heteroatoms. The first kappa shape index (κ1) is 13.1. The van der Waals surface area contributed by atoms with E-state index in [0.717, 1.165) is 6.42 Å². The summed E-state index contributed by atoms with van der Waals surface area (Å²) in [5.74, 6) is 0. The Morgan fingerprint density at radius 3 is 2.59 bits per heavy atom. The van der Waals surface area contributed by atoms with Crippen LogP contribution in [0.2, 0.25) is 0 Å². The van der Waals surface area contributed by atoms with E-state index in [1.165, 1.54) is 4.88 Å². The van der Waals surface area contributed by atoms with Gasteiger partial charge in [0.05, 0.1) is 11.2 Å². The van der Waals surface area contributed by atoms with Crippen molar-refractivity contribution in [2.75, 3.05) is 0 Å². The van der Waals surface area contributed by atoms with Gasteiger partial charge >= 0.3 is 0 Å². The fourth-order valence-corrected chi connectivity index (χ4v) is 3.49. The zero-order valence-electron chi connectivity index (χ0n) is 11.4. The van der Waals surface area contributed by atoms with E-state index >= 15 is 0 Å². The Hall–Kier alpha value is -0.380. The molecule has 0 aromatic carbocycles. The molecule has 1 aromatic rings. The van der Waals surface area contributed by atoms with Crippen LogP contribution in [0.3, 0.4) is 0 Å². The highest BCUT2D eigenvalue weighted by molar-refractivity contribution is 7.10. The summed E-state index contributed by atoms with van der Waals surface area (Å²) >= 11 is 1.81. The van der Waals surface area contributed by atoms with E-state index in [4.69, 9.17) is 4.74 Å². The van der Waals surface area contributed by atoms with Gasteiger partial charge in [-0.1, -0.05) is 6.07 Å². The Balaban J connectivity index is 2.04. The quantitative estimate of drug-likeness (QED) is 0.886. The van der Waals surface area contributed by atoms with Gasteiger partial charge in [0.15, 0.2) is 0 Å². The molecule has 1 aliphatic rings. The number of hydrogen-bond donors (Lipinski definition) is 1. The lowest BCUT2D eigenvalue weighted by atomic mass is 9.94. The molecule has 2 atom stereocenters. The standard InChI is InChI=1S/C14H23NOS/c1-10(11-7-6-8-17-11)15-12-9-13(2,3)16-14(12,4)5/h6-8,10,12,15H,9H2,1-5H3. The van der Waals surface area contributed by atoms with Crippen molar-refractivity contribution in [3.05, 3.63) is 22.4 Å². The molecule has 2 rings (SSSR count). The Morgan fingerprint density at radius 1 is 1.41 bits per heavy atom. The van der Waals surface area contributed by atoms with E-state index in [-0.39, 0.29) is 11.2 Å². The van der Waals surface area contributed by atoms with Crippen LogP contribution in [0.15, 0.2) is 17.5 Å². The molecular weight excluding hydrogens is 230 g/mol.